The largest absolute Gasteiger partial charge is 0.490 e. The van der Waals surface area contributed by atoms with Crippen LogP contribution in [-0.4, -0.2) is 35.3 Å². The second kappa shape index (κ2) is 10.6. The van der Waals surface area contributed by atoms with Gasteiger partial charge in [0.1, 0.15) is 5.82 Å². The minimum atomic E-state index is -2.95. The number of benzene rings is 2. The van der Waals surface area contributed by atoms with Crippen LogP contribution in [0.2, 0.25) is 0 Å². The summed E-state index contributed by atoms with van der Waals surface area (Å²) in [5, 5.41) is 6.40. The fraction of sp³-hybridized carbons (Fsp3) is 0.364. The number of nitrogens with zero attached hydrogens (tertiary/aromatic N) is 3. The maximum absolute atomic E-state index is 12.9. The average Bonchev–Trinajstić information content (AvgIpc) is 3.07. The van der Waals surface area contributed by atoms with E-state index in [1.54, 1.807) is 25.1 Å². The van der Waals surface area contributed by atoms with Gasteiger partial charge in [-0.2, -0.15) is 8.78 Å². The third-order valence-corrected chi connectivity index (χ3v) is 4.61. The highest BCUT2D eigenvalue weighted by Crippen LogP contribution is 2.33. The number of para-hydroxylation sites is 3. The van der Waals surface area contributed by atoms with Gasteiger partial charge in [0, 0.05) is 19.2 Å². The first-order valence-corrected chi connectivity index (χ1v) is 10.2. The molecule has 0 bridgehead atoms. The van der Waals surface area contributed by atoms with E-state index in [1.807, 2.05) is 42.8 Å². The van der Waals surface area contributed by atoms with E-state index in [0.717, 1.165) is 16.9 Å². The number of halogens is 2. The molecule has 2 aromatic carbocycles. The van der Waals surface area contributed by atoms with Gasteiger partial charge < -0.3 is 24.7 Å². The highest BCUT2D eigenvalue weighted by Gasteiger charge is 2.16. The van der Waals surface area contributed by atoms with Crippen LogP contribution in [0.3, 0.4) is 0 Å². The molecular weight excluding hydrogens is 404 g/mol. The molecule has 1 aromatic heterocycles. The molecule has 0 radical (unpaired) electrons. The smallest absolute Gasteiger partial charge is 0.387 e. The number of rotatable bonds is 9. The van der Waals surface area contributed by atoms with Gasteiger partial charge in [-0.05, 0) is 32.0 Å². The molecule has 2 N–H and O–H groups in total. The summed E-state index contributed by atoms with van der Waals surface area (Å²) < 4.78 is 38.0. The molecular formula is C22H27F2N5O2. The molecule has 3 aromatic rings. The molecule has 3 rings (SSSR count). The summed E-state index contributed by atoms with van der Waals surface area (Å²) in [6.45, 7) is 2.37. The molecule has 7 nitrogen and oxygen atoms in total. The summed E-state index contributed by atoms with van der Waals surface area (Å²) in [7, 11) is 1.96. The van der Waals surface area contributed by atoms with Crippen molar-refractivity contribution in [3.05, 3.63) is 53.9 Å². The van der Waals surface area contributed by atoms with E-state index in [1.165, 1.54) is 0 Å². The van der Waals surface area contributed by atoms with Gasteiger partial charge in [-0.25, -0.2) is 9.98 Å². The van der Waals surface area contributed by atoms with Crippen molar-refractivity contribution in [2.75, 3.05) is 13.2 Å². The molecule has 0 aliphatic rings. The lowest BCUT2D eigenvalue weighted by Crippen LogP contribution is -2.37. The predicted octanol–water partition coefficient (Wildman–Crippen LogP) is 3.83. The zero-order chi connectivity index (χ0) is 22.2. The van der Waals surface area contributed by atoms with E-state index in [-0.39, 0.29) is 18.0 Å². The molecule has 0 amide bonds. The number of aromatic nitrogens is 2. The molecule has 0 aliphatic carbocycles. The van der Waals surface area contributed by atoms with Crippen molar-refractivity contribution in [1.29, 1.82) is 0 Å². The van der Waals surface area contributed by atoms with E-state index in [0.29, 0.717) is 31.2 Å². The number of hydrogen-bond donors (Lipinski definition) is 2. The summed E-state index contributed by atoms with van der Waals surface area (Å²) in [5.41, 5.74) is 2.47. The Bertz CT molecular complexity index is 1040. The summed E-state index contributed by atoms with van der Waals surface area (Å²) in [5.74, 6) is 1.67. The average molecular weight is 431 g/mol. The van der Waals surface area contributed by atoms with Crippen molar-refractivity contribution >= 4 is 17.0 Å². The van der Waals surface area contributed by atoms with Crippen molar-refractivity contribution in [2.45, 2.75) is 33.5 Å². The van der Waals surface area contributed by atoms with Gasteiger partial charge in [0.15, 0.2) is 17.5 Å². The molecule has 31 heavy (non-hydrogen) atoms. The fourth-order valence-electron chi connectivity index (χ4n) is 3.20. The second-order valence-electron chi connectivity index (χ2n) is 6.68. The number of fused-ring (bicyclic) bond motifs is 1. The maximum atomic E-state index is 12.9. The third kappa shape index (κ3) is 5.62. The number of nitrogens with one attached hydrogen (secondary N) is 2. The van der Waals surface area contributed by atoms with Gasteiger partial charge in [0.05, 0.1) is 30.7 Å². The Morgan fingerprint density at radius 1 is 1.13 bits per heavy atom. The Kier molecular flexibility index (Phi) is 7.64. The topological polar surface area (TPSA) is 72.7 Å². The van der Waals surface area contributed by atoms with Crippen LogP contribution in [0.5, 0.6) is 11.5 Å². The van der Waals surface area contributed by atoms with Crippen LogP contribution < -0.4 is 20.1 Å². The highest BCUT2D eigenvalue weighted by atomic mass is 19.3. The molecule has 9 heteroatoms. The molecule has 166 valence electrons. The maximum Gasteiger partial charge on any atom is 0.387 e. The normalized spacial score (nSPS) is 11.7. The monoisotopic (exact) mass is 431 g/mol. The van der Waals surface area contributed by atoms with Gasteiger partial charge >= 0.3 is 6.61 Å². The Morgan fingerprint density at radius 2 is 1.94 bits per heavy atom. The minimum absolute atomic E-state index is 0.00861. The predicted molar refractivity (Wildman–Crippen MR) is 117 cm³/mol. The Morgan fingerprint density at radius 3 is 2.65 bits per heavy atom. The number of alkyl halides is 2. The van der Waals surface area contributed by atoms with Crippen LogP contribution in [0.1, 0.15) is 25.2 Å². The Balaban J connectivity index is 1.77. The van der Waals surface area contributed by atoms with Crippen molar-refractivity contribution < 1.29 is 18.3 Å². The van der Waals surface area contributed by atoms with Gasteiger partial charge in [0.25, 0.3) is 0 Å². The van der Waals surface area contributed by atoms with Crippen LogP contribution >= 0.6 is 0 Å². The molecule has 0 spiro atoms. The first-order chi connectivity index (χ1) is 15.0. The number of aryl methyl sites for hydroxylation is 1. The summed E-state index contributed by atoms with van der Waals surface area (Å²) in [6.07, 6.45) is 0. The summed E-state index contributed by atoms with van der Waals surface area (Å²) in [6, 6.07) is 12.9. The molecule has 0 fully saturated rings. The zero-order valence-electron chi connectivity index (χ0n) is 17.9. The van der Waals surface area contributed by atoms with E-state index in [4.69, 9.17) is 9.47 Å². The summed E-state index contributed by atoms with van der Waals surface area (Å²) in [4.78, 5) is 9.17. The number of ether oxygens (including phenoxy) is 2. The molecule has 0 saturated heterocycles. The van der Waals surface area contributed by atoms with Crippen LogP contribution in [0, 0.1) is 0 Å². The lowest BCUT2D eigenvalue weighted by Gasteiger charge is -2.15. The van der Waals surface area contributed by atoms with Gasteiger partial charge in [-0.1, -0.05) is 24.3 Å². The van der Waals surface area contributed by atoms with Crippen LogP contribution in [0.15, 0.2) is 47.5 Å². The second-order valence-corrected chi connectivity index (χ2v) is 6.68. The van der Waals surface area contributed by atoms with Crippen molar-refractivity contribution in [2.24, 2.45) is 12.0 Å². The fourth-order valence-corrected chi connectivity index (χ4v) is 3.20. The standard InChI is InChI=1S/C22H27F2N5O2/c1-4-25-22(27-14-19-28-16-10-6-7-11-17(16)29(19)3)26-13-15-9-8-12-18(30-5-2)20(15)31-21(23)24/h6-12,21H,4-5,13-14H2,1-3H3,(H2,25,26,27). The number of hydrogen-bond acceptors (Lipinski definition) is 4. The van der Waals surface area contributed by atoms with Gasteiger partial charge in [-0.15, -0.1) is 0 Å². The Labute approximate surface area is 180 Å². The first kappa shape index (κ1) is 22.3. The van der Waals surface area contributed by atoms with E-state index < -0.39 is 6.61 Å². The van der Waals surface area contributed by atoms with E-state index in [2.05, 4.69) is 20.6 Å². The lowest BCUT2D eigenvalue weighted by atomic mass is 10.2. The number of aliphatic imine (C=N–C) groups is 1. The van der Waals surface area contributed by atoms with Crippen LogP contribution in [-0.2, 0) is 20.1 Å². The lowest BCUT2D eigenvalue weighted by molar-refractivity contribution is -0.0520. The minimum Gasteiger partial charge on any atom is -0.490 e. The molecule has 1 heterocycles. The van der Waals surface area contributed by atoms with Crippen molar-refractivity contribution in [3.8, 4) is 11.5 Å². The molecule has 0 saturated carbocycles. The molecule has 0 unspecified atom stereocenters. The molecule has 0 aliphatic heterocycles. The van der Waals surface area contributed by atoms with Crippen molar-refractivity contribution in [3.63, 3.8) is 0 Å². The van der Waals surface area contributed by atoms with Crippen molar-refractivity contribution in [1.82, 2.24) is 20.2 Å². The molecule has 0 atom stereocenters. The van der Waals surface area contributed by atoms with Gasteiger partial charge in [-0.3, -0.25) is 0 Å². The van der Waals surface area contributed by atoms with Crippen LogP contribution in [0.4, 0.5) is 8.78 Å². The Hall–Kier alpha value is -3.36. The van der Waals surface area contributed by atoms with E-state index >= 15 is 0 Å². The van der Waals surface area contributed by atoms with Gasteiger partial charge in [0.2, 0.25) is 0 Å². The third-order valence-electron chi connectivity index (χ3n) is 4.61. The summed E-state index contributed by atoms with van der Waals surface area (Å²) >= 11 is 0. The SMILES string of the molecule is CCNC(=NCc1cccc(OCC)c1OC(F)F)NCc1nc2ccccc2n1C. The number of imidazole rings is 1. The quantitative estimate of drug-likeness (QED) is 0.398. The highest BCUT2D eigenvalue weighted by molar-refractivity contribution is 5.80. The van der Waals surface area contributed by atoms with Crippen LogP contribution in [0.25, 0.3) is 11.0 Å². The first-order valence-electron chi connectivity index (χ1n) is 10.2. The van der Waals surface area contributed by atoms with E-state index in [9.17, 15) is 8.78 Å². The number of guanidine groups is 1. The zero-order valence-corrected chi connectivity index (χ0v) is 17.9.